The summed E-state index contributed by atoms with van der Waals surface area (Å²) in [5, 5.41) is 1.06. The van der Waals surface area contributed by atoms with E-state index in [0.29, 0.717) is 13.1 Å². The molecular weight excluding hydrogens is 246 g/mol. The molecule has 0 bridgehead atoms. The fraction of sp³-hybridized carbons (Fsp3) is 0.692. The number of aryl methyl sites for hydroxylation is 2. The highest BCUT2D eigenvalue weighted by atomic mass is 32.1. The summed E-state index contributed by atoms with van der Waals surface area (Å²) in [7, 11) is 1.83. The summed E-state index contributed by atoms with van der Waals surface area (Å²) in [4.78, 5) is 19.8. The van der Waals surface area contributed by atoms with E-state index in [0.717, 1.165) is 17.8 Å². The Morgan fingerprint density at radius 3 is 2.89 bits per heavy atom. The van der Waals surface area contributed by atoms with Gasteiger partial charge in [-0.25, -0.2) is 4.98 Å². The highest BCUT2D eigenvalue weighted by Gasteiger charge is 2.19. The standard InChI is InChI=1S/C13H21N3OS/c1-9(7-14)13(17)16(2)8-12-15-10-5-3-4-6-11(10)18-12/h9H,3-8,14H2,1-2H3. The molecule has 4 nitrogen and oxygen atoms in total. The van der Waals surface area contributed by atoms with E-state index in [-0.39, 0.29) is 11.8 Å². The Hall–Kier alpha value is -0.940. The van der Waals surface area contributed by atoms with E-state index in [1.807, 2.05) is 14.0 Å². The Kier molecular flexibility index (Phi) is 4.35. The molecule has 1 aliphatic rings. The molecule has 100 valence electrons. The third-order valence-electron chi connectivity index (χ3n) is 3.41. The SMILES string of the molecule is CC(CN)C(=O)N(C)Cc1nc2c(s1)CCCC2. The van der Waals surface area contributed by atoms with Gasteiger partial charge < -0.3 is 10.6 Å². The van der Waals surface area contributed by atoms with Crippen LogP contribution >= 0.6 is 11.3 Å². The molecule has 18 heavy (non-hydrogen) atoms. The summed E-state index contributed by atoms with van der Waals surface area (Å²) in [5.41, 5.74) is 6.78. The quantitative estimate of drug-likeness (QED) is 0.901. The lowest BCUT2D eigenvalue weighted by atomic mass is 10.0. The van der Waals surface area contributed by atoms with E-state index < -0.39 is 0 Å². The number of hydrogen-bond donors (Lipinski definition) is 1. The average Bonchev–Trinajstić information content (AvgIpc) is 2.78. The zero-order chi connectivity index (χ0) is 13.1. The molecule has 1 aromatic rings. The molecule has 0 aromatic carbocycles. The van der Waals surface area contributed by atoms with Gasteiger partial charge in [-0.3, -0.25) is 4.79 Å². The van der Waals surface area contributed by atoms with Crippen LogP contribution < -0.4 is 5.73 Å². The third kappa shape index (κ3) is 2.90. The molecule has 1 atom stereocenters. The fourth-order valence-corrected chi connectivity index (χ4v) is 3.44. The zero-order valence-corrected chi connectivity index (χ0v) is 11.9. The van der Waals surface area contributed by atoms with E-state index in [1.54, 1.807) is 16.2 Å². The van der Waals surface area contributed by atoms with E-state index in [4.69, 9.17) is 5.73 Å². The molecular formula is C13H21N3OS. The first-order valence-corrected chi connectivity index (χ1v) is 7.36. The molecule has 1 aromatic heterocycles. The van der Waals surface area contributed by atoms with Crippen molar-refractivity contribution in [1.29, 1.82) is 0 Å². The Labute approximate surface area is 112 Å². The molecule has 2 N–H and O–H groups in total. The summed E-state index contributed by atoms with van der Waals surface area (Å²) in [6.45, 7) is 2.88. The number of carbonyl (C=O) groups is 1. The van der Waals surface area contributed by atoms with Gasteiger partial charge in [-0.05, 0) is 25.7 Å². The maximum atomic E-state index is 11.9. The predicted molar refractivity (Wildman–Crippen MR) is 73.4 cm³/mol. The summed E-state index contributed by atoms with van der Waals surface area (Å²) in [6, 6.07) is 0. The van der Waals surface area contributed by atoms with E-state index in [1.165, 1.54) is 23.4 Å². The first-order valence-electron chi connectivity index (χ1n) is 6.54. The van der Waals surface area contributed by atoms with Gasteiger partial charge in [-0.1, -0.05) is 6.92 Å². The second-order valence-electron chi connectivity index (χ2n) is 5.02. The smallest absolute Gasteiger partial charge is 0.226 e. The number of thiazole rings is 1. The van der Waals surface area contributed by atoms with Crippen LogP contribution in [0.4, 0.5) is 0 Å². The summed E-state index contributed by atoms with van der Waals surface area (Å²) >= 11 is 1.76. The van der Waals surface area contributed by atoms with Crippen molar-refractivity contribution in [2.75, 3.05) is 13.6 Å². The van der Waals surface area contributed by atoms with Crippen molar-refractivity contribution in [3.63, 3.8) is 0 Å². The molecule has 1 amide bonds. The molecule has 1 aliphatic carbocycles. The number of fused-ring (bicyclic) bond motifs is 1. The minimum Gasteiger partial charge on any atom is -0.339 e. The molecule has 0 radical (unpaired) electrons. The van der Waals surface area contributed by atoms with Gasteiger partial charge in [0.1, 0.15) is 5.01 Å². The number of nitrogens with zero attached hydrogens (tertiary/aromatic N) is 2. The van der Waals surface area contributed by atoms with Crippen molar-refractivity contribution in [3.8, 4) is 0 Å². The molecule has 0 saturated carbocycles. The number of amides is 1. The lowest BCUT2D eigenvalue weighted by Crippen LogP contribution is -2.34. The highest BCUT2D eigenvalue weighted by molar-refractivity contribution is 7.11. The predicted octanol–water partition coefficient (Wildman–Crippen LogP) is 1.58. The van der Waals surface area contributed by atoms with E-state index in [9.17, 15) is 4.79 Å². The van der Waals surface area contributed by atoms with Gasteiger partial charge in [0.05, 0.1) is 12.2 Å². The van der Waals surface area contributed by atoms with Crippen LogP contribution in [-0.4, -0.2) is 29.4 Å². The fourth-order valence-electron chi connectivity index (χ4n) is 2.23. The highest BCUT2D eigenvalue weighted by Crippen LogP contribution is 2.27. The second kappa shape index (κ2) is 5.80. The third-order valence-corrected chi connectivity index (χ3v) is 4.56. The molecule has 0 spiro atoms. The van der Waals surface area contributed by atoms with Gasteiger partial charge in [0.15, 0.2) is 0 Å². The van der Waals surface area contributed by atoms with Crippen LogP contribution in [0.1, 0.15) is 35.3 Å². The normalized spacial score (nSPS) is 16.2. The topological polar surface area (TPSA) is 59.2 Å². The number of carbonyl (C=O) groups excluding carboxylic acids is 1. The summed E-state index contributed by atoms with van der Waals surface area (Å²) < 4.78 is 0. The van der Waals surface area contributed by atoms with Crippen LogP contribution in [0.25, 0.3) is 0 Å². The number of hydrogen-bond acceptors (Lipinski definition) is 4. The lowest BCUT2D eigenvalue weighted by Gasteiger charge is -2.19. The Morgan fingerprint density at radius 1 is 1.50 bits per heavy atom. The van der Waals surface area contributed by atoms with Crippen LogP contribution in [0, 0.1) is 5.92 Å². The van der Waals surface area contributed by atoms with Crippen LogP contribution in [0.15, 0.2) is 0 Å². The molecule has 0 saturated heterocycles. The van der Waals surface area contributed by atoms with Crippen molar-refractivity contribution < 1.29 is 4.79 Å². The molecule has 0 aliphatic heterocycles. The van der Waals surface area contributed by atoms with Crippen LogP contribution in [0.3, 0.4) is 0 Å². The maximum Gasteiger partial charge on any atom is 0.226 e. The monoisotopic (exact) mass is 267 g/mol. The van der Waals surface area contributed by atoms with Gasteiger partial charge in [0.2, 0.25) is 5.91 Å². The largest absolute Gasteiger partial charge is 0.339 e. The van der Waals surface area contributed by atoms with Crippen molar-refractivity contribution in [1.82, 2.24) is 9.88 Å². The van der Waals surface area contributed by atoms with Crippen LogP contribution in [0.2, 0.25) is 0 Å². The Morgan fingerprint density at radius 2 is 2.22 bits per heavy atom. The van der Waals surface area contributed by atoms with Crippen LogP contribution in [-0.2, 0) is 24.2 Å². The maximum absolute atomic E-state index is 11.9. The lowest BCUT2D eigenvalue weighted by molar-refractivity contribution is -0.133. The van der Waals surface area contributed by atoms with E-state index >= 15 is 0 Å². The van der Waals surface area contributed by atoms with Gasteiger partial charge in [0, 0.05) is 24.4 Å². The molecule has 0 fully saturated rings. The summed E-state index contributed by atoms with van der Waals surface area (Å²) in [6.07, 6.45) is 4.77. The zero-order valence-electron chi connectivity index (χ0n) is 11.1. The van der Waals surface area contributed by atoms with Crippen molar-refractivity contribution in [3.05, 3.63) is 15.6 Å². The number of rotatable bonds is 4. The van der Waals surface area contributed by atoms with Gasteiger partial charge in [-0.2, -0.15) is 0 Å². The van der Waals surface area contributed by atoms with Gasteiger partial charge in [-0.15, -0.1) is 11.3 Å². The van der Waals surface area contributed by atoms with Crippen molar-refractivity contribution >= 4 is 17.2 Å². The molecule has 2 rings (SSSR count). The molecule has 5 heteroatoms. The van der Waals surface area contributed by atoms with Crippen molar-refractivity contribution in [2.45, 2.75) is 39.2 Å². The Bertz CT molecular complexity index is 406. The number of nitrogens with two attached hydrogens (primary N) is 1. The van der Waals surface area contributed by atoms with Crippen molar-refractivity contribution in [2.24, 2.45) is 11.7 Å². The number of aromatic nitrogens is 1. The molecule has 1 unspecified atom stereocenters. The average molecular weight is 267 g/mol. The minimum absolute atomic E-state index is 0.102. The van der Waals surface area contributed by atoms with Crippen LogP contribution in [0.5, 0.6) is 0 Å². The van der Waals surface area contributed by atoms with Gasteiger partial charge in [0.25, 0.3) is 0 Å². The van der Waals surface area contributed by atoms with E-state index in [2.05, 4.69) is 4.98 Å². The summed E-state index contributed by atoms with van der Waals surface area (Å²) in [5.74, 6) is -0.00439. The second-order valence-corrected chi connectivity index (χ2v) is 6.18. The first kappa shape index (κ1) is 13.5. The minimum atomic E-state index is -0.107. The molecule has 1 heterocycles. The Balaban J connectivity index is 2.00. The van der Waals surface area contributed by atoms with Gasteiger partial charge >= 0.3 is 0 Å². The first-order chi connectivity index (χ1) is 8.61.